The highest BCUT2D eigenvalue weighted by Gasteiger charge is 2.27. The number of hydrogen-bond acceptors (Lipinski definition) is 39. The Balaban J connectivity index is 0.000000148. The number of methoxy groups -OCH3 is 2. The molecule has 4 atom stereocenters. The first kappa shape index (κ1) is 96.8. The molecule has 0 aliphatic carbocycles. The van der Waals surface area contributed by atoms with Crippen LogP contribution >= 0.6 is 68.9 Å². The number of likely N-dealkylation sites (N-methyl/N-ethyl adjacent to an activating group) is 1. The van der Waals surface area contributed by atoms with E-state index in [0.29, 0.717) is 83.4 Å². The maximum atomic E-state index is 6.10. The van der Waals surface area contributed by atoms with Gasteiger partial charge in [-0.3, -0.25) is 19.6 Å². The molecule has 0 spiro atoms. The van der Waals surface area contributed by atoms with Crippen LogP contribution < -0.4 is 72.3 Å². The fraction of sp³-hybridized carbons (Fsp3) is 0.451. The van der Waals surface area contributed by atoms with Gasteiger partial charge in [0.15, 0.2) is 33.3 Å². The van der Waals surface area contributed by atoms with Crippen molar-refractivity contribution in [3.05, 3.63) is 151 Å². The van der Waals surface area contributed by atoms with Crippen molar-refractivity contribution < 1.29 is 37.9 Å². The van der Waals surface area contributed by atoms with E-state index in [1.165, 1.54) is 75.1 Å². The van der Waals surface area contributed by atoms with Crippen LogP contribution in [0.25, 0.3) is 42.3 Å². The highest BCUT2D eigenvalue weighted by Crippen LogP contribution is 2.44. The highest BCUT2D eigenvalue weighted by atomic mass is 32.2. The number of aromatic nitrogens is 14. The van der Waals surface area contributed by atoms with E-state index in [-0.39, 0.29) is 34.7 Å². The molecule has 33 nitrogen and oxygen atoms in total. The van der Waals surface area contributed by atoms with Crippen LogP contribution in [0, 0.1) is 41.5 Å². The molecular weight excluding hydrogens is 1760 g/mol. The number of nitrogens with zero attached hydrogens (tertiary/aromatic N) is 19. The van der Waals surface area contributed by atoms with E-state index in [1.807, 2.05) is 102 Å². The van der Waals surface area contributed by atoms with E-state index in [1.54, 1.807) is 96.2 Å². The third-order valence-electron chi connectivity index (χ3n) is 21.8. The number of ether oxygens (including phenoxy) is 8. The lowest BCUT2D eigenvalue weighted by molar-refractivity contribution is 0.132. The first-order valence-corrected chi connectivity index (χ1v) is 48.7. The summed E-state index contributed by atoms with van der Waals surface area (Å²) < 4.78 is 46.9. The lowest BCUT2D eigenvalue weighted by Gasteiger charge is -2.32. The zero-order valence-corrected chi connectivity index (χ0v) is 81.1. The predicted octanol–water partition coefficient (Wildman–Crippen LogP) is 15.6. The van der Waals surface area contributed by atoms with E-state index < -0.39 is 0 Å². The molecule has 12 aromatic rings. The number of pyridine rings is 2. The molecule has 130 heavy (non-hydrogen) atoms. The van der Waals surface area contributed by atoms with E-state index in [4.69, 9.17) is 92.2 Å². The molecule has 0 amide bonds. The van der Waals surface area contributed by atoms with Gasteiger partial charge in [-0.05, 0) is 196 Å². The van der Waals surface area contributed by atoms with Crippen LogP contribution in [0.5, 0.6) is 46.8 Å². The normalized spacial score (nSPS) is 15.3. The Morgan fingerprint density at radius 3 is 1.04 bits per heavy atom. The second kappa shape index (κ2) is 46.9. The Kier molecular flexibility index (Phi) is 34.9. The van der Waals surface area contributed by atoms with Crippen molar-refractivity contribution in [3.63, 3.8) is 0 Å². The van der Waals surface area contributed by atoms with Crippen LogP contribution in [0.4, 0.5) is 34.9 Å². The summed E-state index contributed by atoms with van der Waals surface area (Å²) in [5.74, 6) is 6.41. The van der Waals surface area contributed by atoms with Crippen molar-refractivity contribution >= 4 is 104 Å². The number of likely N-dealkylation sites (tertiary alicyclic amines) is 3. The number of piperidine rings is 1. The molecule has 692 valence electrons. The van der Waals surface area contributed by atoms with Gasteiger partial charge in [0.2, 0.25) is 11.8 Å². The second-order valence-electron chi connectivity index (χ2n) is 32.0. The Morgan fingerprint density at radius 2 is 0.677 bits per heavy atom. The summed E-state index contributed by atoms with van der Waals surface area (Å²) in [6, 6.07) is 26.8. The fourth-order valence-corrected chi connectivity index (χ4v) is 20.9. The summed E-state index contributed by atoms with van der Waals surface area (Å²) in [5, 5.41) is 4.89. The number of piperazine rings is 1. The maximum Gasteiger partial charge on any atom is 0.319 e. The summed E-state index contributed by atoms with van der Waals surface area (Å²) in [6.45, 7) is 37.6. The Bertz CT molecular complexity index is 5610. The van der Waals surface area contributed by atoms with Crippen molar-refractivity contribution in [2.75, 3.05) is 174 Å². The molecule has 4 aliphatic rings. The number of benzene rings is 2. The number of aryl methyl sites for hydroxylation is 6. The molecule has 0 bridgehead atoms. The summed E-state index contributed by atoms with van der Waals surface area (Å²) in [5.41, 5.74) is 44.0. The second-order valence-corrected chi connectivity index (χ2v) is 39.4. The van der Waals surface area contributed by atoms with Gasteiger partial charge < -0.3 is 77.2 Å². The van der Waals surface area contributed by atoms with Crippen LogP contribution in [0.15, 0.2) is 108 Å². The summed E-state index contributed by atoms with van der Waals surface area (Å²) in [4.78, 5) is 78.8. The summed E-state index contributed by atoms with van der Waals surface area (Å²) in [6.07, 6.45) is 10.7. The molecule has 12 N–H and O–H groups in total. The molecule has 0 unspecified atom stereocenters. The van der Waals surface area contributed by atoms with Crippen LogP contribution in [0.3, 0.4) is 0 Å². The molecule has 10 aromatic heterocycles. The summed E-state index contributed by atoms with van der Waals surface area (Å²) in [7, 11) is 5.48. The van der Waals surface area contributed by atoms with Crippen molar-refractivity contribution in [3.8, 4) is 89.1 Å². The fourth-order valence-electron chi connectivity index (χ4n) is 14.8. The Labute approximate surface area is 785 Å². The van der Waals surface area contributed by atoms with Crippen LogP contribution in [0.2, 0.25) is 0 Å². The quantitative estimate of drug-likeness (QED) is 0.0161. The van der Waals surface area contributed by atoms with Gasteiger partial charge in [-0.1, -0.05) is 29.9 Å². The van der Waals surface area contributed by atoms with Gasteiger partial charge in [0.1, 0.15) is 93.6 Å². The van der Waals surface area contributed by atoms with E-state index in [0.717, 1.165) is 197 Å². The molecule has 2 aromatic carbocycles. The van der Waals surface area contributed by atoms with Gasteiger partial charge >= 0.3 is 12.0 Å². The molecular formula is C91H119N25O8S6. The van der Waals surface area contributed by atoms with Crippen LogP contribution in [-0.2, 0) is 0 Å². The number of thioether (sulfide) groups is 2. The highest BCUT2D eigenvalue weighted by molar-refractivity contribution is 7.99. The number of rotatable bonds is 34. The number of nitrogen functional groups attached to an aromatic ring is 6. The van der Waals surface area contributed by atoms with E-state index in [2.05, 4.69) is 109 Å². The number of hydrogen-bond donors (Lipinski definition) is 6. The first-order chi connectivity index (χ1) is 62.7. The molecule has 14 heterocycles. The average Bonchev–Trinajstić information content (AvgIpc) is 1.58. The first-order valence-electron chi connectivity index (χ1n) is 43.7. The third-order valence-corrected chi connectivity index (χ3v) is 27.9. The lowest BCUT2D eigenvalue weighted by atomic mass is 10.1. The van der Waals surface area contributed by atoms with Gasteiger partial charge in [0.25, 0.3) is 0 Å². The smallest absolute Gasteiger partial charge is 0.319 e. The largest absolute Gasteiger partial charge is 0.493 e. The van der Waals surface area contributed by atoms with Crippen molar-refractivity contribution in [2.45, 2.75) is 141 Å². The van der Waals surface area contributed by atoms with Gasteiger partial charge in [-0.25, -0.2) is 59.8 Å². The van der Waals surface area contributed by atoms with Gasteiger partial charge in [0, 0.05) is 154 Å². The molecule has 16 rings (SSSR count). The van der Waals surface area contributed by atoms with Gasteiger partial charge in [-0.15, -0.1) is 45.3 Å². The minimum absolute atomic E-state index is 0.0531. The molecule has 0 radical (unpaired) electrons. The maximum absolute atomic E-state index is 6.10. The topological polar surface area (TPSA) is 427 Å². The van der Waals surface area contributed by atoms with Crippen LogP contribution in [0.1, 0.15) is 143 Å². The Hall–Kier alpha value is -10.7. The van der Waals surface area contributed by atoms with Crippen molar-refractivity contribution in [1.82, 2.24) is 94.3 Å². The third kappa shape index (κ3) is 27.9. The van der Waals surface area contributed by atoms with Gasteiger partial charge in [-0.2, -0.15) is 9.97 Å². The molecule has 4 fully saturated rings. The Morgan fingerprint density at radius 1 is 0.346 bits per heavy atom. The molecule has 39 heteroatoms. The van der Waals surface area contributed by atoms with E-state index in [9.17, 15) is 0 Å². The molecule has 4 saturated heterocycles. The standard InChI is InChI=1S/C24H31N5O3S.C23H29N5O3S.C22H30N8OS2.C22H29N7OS2/c1-15-13-21(25)27-24(26-15)32-16(2)22-17(3)33-23(28-22)18-7-8-19(30-4)20(14-18)31-12-11-29-9-5-6-10-29;1-14-12-20(24)26-23(25-14)31-15(2)21-16(3)32-22(27-21)17-6-7-18(29-4)19(13-17)30-11-10-28-8-5-9-28;1-14-20(15(2)33-22-26-17(23)13-18(24)27-22)28-21(32-14)16-4-5-25-19(12-16)31-11-10-30-8-6-29(3)7-9-30;1-14-20(15(2)32-22-26-17(23)13-18(24)27-22)28-21(31-14)16-6-7-25-19(12-16)30-11-10-29-8-4-3-5-9-29/h7-8,13-14,16H,5-6,9-12H2,1-4H3,(H2,25,26,27);6-7,12-13,15H,5,8-11H2,1-4H3,(H2,24,25,26);4-5,12-13,15H,6-11H2,1-3H3,(H4,23,24,26,27);6-7,12-13,15H,3-5,8-11H2,1-2H3,(H4,23,24,26,27)/t16-;3*15-/m0000/s1. The number of thiazole rings is 4. The number of nitrogens with two attached hydrogens (primary N) is 6. The van der Waals surface area contributed by atoms with Crippen molar-refractivity contribution in [1.29, 1.82) is 0 Å². The zero-order chi connectivity index (χ0) is 91.9. The lowest BCUT2D eigenvalue weighted by Crippen LogP contribution is -2.45. The summed E-state index contributed by atoms with van der Waals surface area (Å²) >= 11 is 9.54. The van der Waals surface area contributed by atoms with E-state index >= 15 is 0 Å². The number of anilines is 6. The zero-order valence-electron chi connectivity index (χ0n) is 76.2. The minimum Gasteiger partial charge on any atom is -0.493 e. The predicted molar refractivity (Wildman–Crippen MR) is 521 cm³/mol. The SMILES string of the molecule is COc1ccc(-c2nc([C@H](C)Oc3nc(C)cc(N)n3)c(C)s2)cc1OCCN1CCC1.COc1ccc(-c2nc([C@H](C)Oc3nc(C)cc(N)n3)c(C)s2)cc1OCCN1CCCC1.Cc1sc(-c2ccnc(OCCN3CCCCC3)c2)nc1[C@H](C)Sc1nc(N)cc(N)n1.Cc1sc(-c2ccnc(OCCN3CCN(C)CC3)c2)nc1[C@H](C)Sc1nc(N)cc(N)n1. The minimum atomic E-state index is -0.314. The van der Waals surface area contributed by atoms with Crippen LogP contribution in [-0.4, -0.2) is 234 Å². The molecule has 4 aliphatic heterocycles. The average molecular weight is 1880 g/mol. The monoisotopic (exact) mass is 1880 g/mol. The van der Waals surface area contributed by atoms with Gasteiger partial charge in [0.05, 0.1) is 47.5 Å². The molecule has 0 saturated carbocycles. The van der Waals surface area contributed by atoms with Crippen molar-refractivity contribution in [2.24, 2.45) is 0 Å².